The highest BCUT2D eigenvalue weighted by Crippen LogP contribution is 2.33. The summed E-state index contributed by atoms with van der Waals surface area (Å²) in [5.41, 5.74) is 2.29. The molecule has 0 saturated carbocycles. The van der Waals surface area contributed by atoms with Gasteiger partial charge in [0, 0.05) is 17.1 Å². The van der Waals surface area contributed by atoms with Crippen molar-refractivity contribution < 1.29 is 14.6 Å². The zero-order chi connectivity index (χ0) is 20.9. The topological polar surface area (TPSA) is 49.8 Å². The lowest BCUT2D eigenvalue weighted by molar-refractivity contribution is -0.113. The molecular weight excluding hydrogens is 374 g/mol. The third-order valence-corrected chi connectivity index (χ3v) is 4.86. The van der Waals surface area contributed by atoms with Crippen LogP contribution in [0.25, 0.3) is 16.8 Å². The number of hydrogen-bond donors (Lipinski definition) is 1. The van der Waals surface area contributed by atoms with Crippen molar-refractivity contribution in [3.05, 3.63) is 103 Å². The molecule has 0 aromatic heterocycles. The average Bonchev–Trinajstić information content (AvgIpc) is 2.79. The summed E-state index contributed by atoms with van der Waals surface area (Å²) < 4.78 is 5.07. The third kappa shape index (κ3) is 3.89. The van der Waals surface area contributed by atoms with Crippen LogP contribution in [0.3, 0.4) is 0 Å². The van der Waals surface area contributed by atoms with Gasteiger partial charge < -0.3 is 9.84 Å². The molecule has 148 valence electrons. The molecule has 0 spiro atoms. The molecule has 0 bridgehead atoms. The van der Waals surface area contributed by atoms with Gasteiger partial charge >= 0.3 is 0 Å². The Balaban J connectivity index is 1.75. The van der Waals surface area contributed by atoms with Gasteiger partial charge in [-0.05, 0) is 47.4 Å². The first-order valence-electron chi connectivity index (χ1n) is 9.59. The molecule has 4 heteroatoms. The Hall–Kier alpha value is -4.05. The summed E-state index contributed by atoms with van der Waals surface area (Å²) >= 11 is 0. The fourth-order valence-corrected chi connectivity index (χ4v) is 3.42. The van der Waals surface area contributed by atoms with Crippen LogP contribution in [0, 0.1) is 0 Å². The van der Waals surface area contributed by atoms with Crippen LogP contribution in [0.2, 0.25) is 0 Å². The number of fused-ring (bicyclic) bond motifs is 1. The van der Waals surface area contributed by atoms with Gasteiger partial charge in [0.25, 0.3) is 5.91 Å². The molecule has 0 aliphatic carbocycles. The molecule has 0 unspecified atom stereocenters. The van der Waals surface area contributed by atoms with E-state index in [1.807, 2.05) is 72.8 Å². The molecular formula is C26H21NO3. The van der Waals surface area contributed by atoms with Crippen molar-refractivity contribution in [3.8, 4) is 11.5 Å². The number of phenolic OH excluding ortho intramolecular Hbond substituents is 1. The van der Waals surface area contributed by atoms with Crippen LogP contribution in [-0.2, 0) is 4.79 Å². The van der Waals surface area contributed by atoms with Crippen LogP contribution in [0.5, 0.6) is 11.5 Å². The normalized spacial score (nSPS) is 11.0. The van der Waals surface area contributed by atoms with E-state index in [0.29, 0.717) is 11.3 Å². The van der Waals surface area contributed by atoms with Gasteiger partial charge in [-0.25, -0.2) is 0 Å². The fraction of sp³-hybridized carbons (Fsp3) is 0.0385. The Labute approximate surface area is 175 Å². The lowest BCUT2D eigenvalue weighted by atomic mass is 10.1. The largest absolute Gasteiger partial charge is 0.504 e. The van der Waals surface area contributed by atoms with Gasteiger partial charge in [0.05, 0.1) is 12.8 Å². The van der Waals surface area contributed by atoms with Crippen LogP contribution in [0.4, 0.5) is 11.4 Å². The first-order chi connectivity index (χ1) is 14.7. The van der Waals surface area contributed by atoms with Gasteiger partial charge in [0.15, 0.2) is 11.5 Å². The Morgan fingerprint density at radius 1 is 0.900 bits per heavy atom. The predicted octanol–water partition coefficient (Wildman–Crippen LogP) is 5.93. The number of rotatable bonds is 5. The van der Waals surface area contributed by atoms with Crippen LogP contribution < -0.4 is 9.64 Å². The van der Waals surface area contributed by atoms with Crippen LogP contribution >= 0.6 is 0 Å². The molecule has 0 aliphatic heterocycles. The predicted molar refractivity (Wildman–Crippen MR) is 121 cm³/mol. The number of carbonyl (C=O) groups excluding carboxylic acids is 1. The minimum atomic E-state index is -0.187. The molecule has 30 heavy (non-hydrogen) atoms. The number of carbonyl (C=O) groups is 1. The van der Waals surface area contributed by atoms with Gasteiger partial charge in [-0.1, -0.05) is 60.7 Å². The van der Waals surface area contributed by atoms with E-state index in [-0.39, 0.29) is 11.7 Å². The Bertz CT molecular complexity index is 1210. The maximum atomic E-state index is 13.3. The molecule has 0 aliphatic rings. The number of nitrogens with zero attached hydrogens (tertiary/aromatic N) is 1. The zero-order valence-electron chi connectivity index (χ0n) is 16.5. The lowest BCUT2D eigenvalue weighted by Gasteiger charge is -2.23. The molecule has 1 N–H and O–H groups in total. The summed E-state index contributed by atoms with van der Waals surface area (Å²) in [6, 6.07) is 28.5. The molecule has 1 amide bonds. The summed E-state index contributed by atoms with van der Waals surface area (Å²) in [6.07, 6.45) is 3.19. The SMILES string of the molecule is COc1ccc(C=CC(=O)N(c2ccccc2)c2cccc3ccccc23)cc1O. The van der Waals surface area contributed by atoms with Crippen molar-refractivity contribution in [1.29, 1.82) is 0 Å². The van der Waals surface area contributed by atoms with E-state index >= 15 is 0 Å². The van der Waals surface area contributed by atoms with Crippen molar-refractivity contribution in [1.82, 2.24) is 0 Å². The molecule has 4 aromatic rings. The van der Waals surface area contributed by atoms with Gasteiger partial charge in [0.2, 0.25) is 0 Å². The molecule has 0 atom stereocenters. The van der Waals surface area contributed by atoms with Gasteiger partial charge in [-0.15, -0.1) is 0 Å². The fourth-order valence-electron chi connectivity index (χ4n) is 3.42. The number of phenols is 1. The standard InChI is InChI=1S/C26H21NO3/c1-30-25-16-14-19(18-24(25)28)15-17-26(29)27(21-10-3-2-4-11-21)23-13-7-9-20-8-5-6-12-22(20)23/h2-18,28H,1H3. The molecule has 0 fully saturated rings. The molecule has 4 nitrogen and oxygen atoms in total. The molecule has 0 saturated heterocycles. The van der Waals surface area contributed by atoms with Gasteiger partial charge in [-0.2, -0.15) is 0 Å². The summed E-state index contributed by atoms with van der Waals surface area (Å²) in [7, 11) is 1.50. The first-order valence-corrected chi connectivity index (χ1v) is 9.59. The summed E-state index contributed by atoms with van der Waals surface area (Å²) in [5.74, 6) is 0.231. The highest BCUT2D eigenvalue weighted by atomic mass is 16.5. The van der Waals surface area contributed by atoms with E-state index in [0.717, 1.165) is 22.1 Å². The van der Waals surface area contributed by atoms with E-state index < -0.39 is 0 Å². The van der Waals surface area contributed by atoms with Crippen LogP contribution in [-0.4, -0.2) is 18.1 Å². The second-order valence-corrected chi connectivity index (χ2v) is 6.77. The van der Waals surface area contributed by atoms with Gasteiger partial charge in [0.1, 0.15) is 0 Å². The summed E-state index contributed by atoms with van der Waals surface area (Å²) in [4.78, 5) is 15.0. The van der Waals surface area contributed by atoms with E-state index in [2.05, 4.69) is 0 Å². The minimum Gasteiger partial charge on any atom is -0.504 e. The van der Waals surface area contributed by atoms with E-state index in [9.17, 15) is 9.90 Å². The first kappa shape index (κ1) is 19.3. The van der Waals surface area contributed by atoms with Crippen molar-refractivity contribution in [2.45, 2.75) is 0 Å². The van der Waals surface area contributed by atoms with Crippen LogP contribution in [0.15, 0.2) is 97.1 Å². The van der Waals surface area contributed by atoms with Crippen molar-refractivity contribution >= 4 is 34.1 Å². The van der Waals surface area contributed by atoms with E-state index in [1.54, 1.807) is 29.2 Å². The maximum absolute atomic E-state index is 13.3. The van der Waals surface area contributed by atoms with Crippen molar-refractivity contribution in [3.63, 3.8) is 0 Å². The van der Waals surface area contributed by atoms with Crippen molar-refractivity contribution in [2.75, 3.05) is 12.0 Å². The van der Waals surface area contributed by atoms with E-state index in [4.69, 9.17) is 4.74 Å². The number of hydrogen-bond acceptors (Lipinski definition) is 3. The molecule has 0 radical (unpaired) electrons. The maximum Gasteiger partial charge on any atom is 0.255 e. The number of benzene rings is 4. The Kier molecular flexibility index (Phi) is 5.48. The Morgan fingerprint density at radius 3 is 2.40 bits per heavy atom. The average molecular weight is 395 g/mol. The third-order valence-electron chi connectivity index (χ3n) is 4.86. The minimum absolute atomic E-state index is 0.0288. The molecule has 0 heterocycles. The molecule has 4 rings (SSSR count). The number of anilines is 2. The number of aromatic hydroxyl groups is 1. The summed E-state index contributed by atoms with van der Waals surface area (Å²) in [5, 5.41) is 12.0. The van der Waals surface area contributed by atoms with Crippen LogP contribution in [0.1, 0.15) is 5.56 Å². The Morgan fingerprint density at radius 2 is 1.63 bits per heavy atom. The highest BCUT2D eigenvalue weighted by Gasteiger charge is 2.18. The number of para-hydroxylation sites is 1. The lowest BCUT2D eigenvalue weighted by Crippen LogP contribution is -2.24. The van der Waals surface area contributed by atoms with Crippen molar-refractivity contribution in [2.24, 2.45) is 0 Å². The zero-order valence-corrected chi connectivity index (χ0v) is 16.5. The quantitative estimate of drug-likeness (QED) is 0.426. The molecule has 4 aromatic carbocycles. The number of methoxy groups -OCH3 is 1. The second kappa shape index (κ2) is 8.53. The second-order valence-electron chi connectivity index (χ2n) is 6.77. The highest BCUT2D eigenvalue weighted by molar-refractivity contribution is 6.13. The summed E-state index contributed by atoms with van der Waals surface area (Å²) in [6.45, 7) is 0. The van der Waals surface area contributed by atoms with E-state index in [1.165, 1.54) is 13.2 Å². The smallest absolute Gasteiger partial charge is 0.255 e. The number of ether oxygens (including phenoxy) is 1. The monoisotopic (exact) mass is 395 g/mol. The van der Waals surface area contributed by atoms with Gasteiger partial charge in [-0.3, -0.25) is 9.69 Å². The number of amides is 1.